The average Bonchev–Trinajstić information content (AvgIpc) is 2.44. The number of nitrogens with zero attached hydrogens (tertiary/aromatic N) is 1. The van der Waals surface area contributed by atoms with Gasteiger partial charge >= 0.3 is 5.97 Å². The van der Waals surface area contributed by atoms with Crippen LogP contribution in [0.3, 0.4) is 0 Å². The molecule has 0 radical (unpaired) electrons. The number of esters is 1. The van der Waals surface area contributed by atoms with Crippen LogP contribution in [-0.4, -0.2) is 43.7 Å². The summed E-state index contributed by atoms with van der Waals surface area (Å²) < 4.78 is 10.6. The predicted octanol–water partition coefficient (Wildman–Crippen LogP) is 2.58. The maximum absolute atomic E-state index is 12.1. The van der Waals surface area contributed by atoms with E-state index in [0.717, 1.165) is 19.6 Å². The van der Waals surface area contributed by atoms with Gasteiger partial charge in [0.25, 0.3) is 0 Å². The summed E-state index contributed by atoms with van der Waals surface area (Å²) in [7, 11) is 1.55. The summed E-state index contributed by atoms with van der Waals surface area (Å²) in [5, 5.41) is 0. The number of likely N-dealkylation sites (N-methyl/N-ethyl adjacent to an activating group) is 1. The molecule has 0 aliphatic rings. The van der Waals surface area contributed by atoms with Crippen LogP contribution in [0.1, 0.15) is 31.1 Å². The minimum Gasteiger partial charge on any atom is -0.496 e. The number of ether oxygens (including phenoxy) is 2. The largest absolute Gasteiger partial charge is 0.496 e. The highest BCUT2D eigenvalue weighted by atomic mass is 16.5. The van der Waals surface area contributed by atoms with E-state index in [9.17, 15) is 4.79 Å². The molecule has 1 aromatic carbocycles. The van der Waals surface area contributed by atoms with Crippen molar-refractivity contribution in [2.75, 3.05) is 26.7 Å². The minimum absolute atomic E-state index is 0.141. The van der Waals surface area contributed by atoms with Crippen molar-refractivity contribution >= 4 is 5.97 Å². The summed E-state index contributed by atoms with van der Waals surface area (Å²) in [6.07, 6.45) is -0.141. The third-order valence-electron chi connectivity index (χ3n) is 3.04. The van der Waals surface area contributed by atoms with Gasteiger partial charge in [0.2, 0.25) is 0 Å². The standard InChI is InChI=1S/C15H23NO3/c1-5-16(6-2)11-12(3)19-15(17)13-9-7-8-10-14(13)18-4/h7-10,12H,5-6,11H2,1-4H3/t12-/m0/s1. The van der Waals surface area contributed by atoms with Crippen LogP contribution < -0.4 is 4.74 Å². The van der Waals surface area contributed by atoms with Gasteiger partial charge in [0.1, 0.15) is 17.4 Å². The van der Waals surface area contributed by atoms with Gasteiger partial charge in [0.05, 0.1) is 7.11 Å². The molecule has 0 saturated heterocycles. The van der Waals surface area contributed by atoms with E-state index < -0.39 is 0 Å². The second-order valence-corrected chi connectivity index (χ2v) is 4.40. The van der Waals surface area contributed by atoms with Gasteiger partial charge in [-0.05, 0) is 32.1 Å². The highest BCUT2D eigenvalue weighted by Crippen LogP contribution is 2.18. The zero-order valence-corrected chi connectivity index (χ0v) is 12.2. The van der Waals surface area contributed by atoms with Crippen LogP contribution in [0.4, 0.5) is 0 Å². The zero-order valence-electron chi connectivity index (χ0n) is 12.2. The van der Waals surface area contributed by atoms with Gasteiger partial charge < -0.3 is 14.4 Å². The number of methoxy groups -OCH3 is 1. The summed E-state index contributed by atoms with van der Waals surface area (Å²) in [6, 6.07) is 7.10. The highest BCUT2D eigenvalue weighted by Gasteiger charge is 2.17. The first kappa shape index (κ1) is 15.5. The Morgan fingerprint density at radius 2 is 1.89 bits per heavy atom. The molecule has 0 fully saturated rings. The van der Waals surface area contributed by atoms with Crippen LogP contribution in [0, 0.1) is 0 Å². The molecule has 0 spiro atoms. The third-order valence-corrected chi connectivity index (χ3v) is 3.04. The molecule has 4 nitrogen and oxygen atoms in total. The van der Waals surface area contributed by atoms with Crippen molar-refractivity contribution in [3.63, 3.8) is 0 Å². The van der Waals surface area contributed by atoms with E-state index in [-0.39, 0.29) is 12.1 Å². The van der Waals surface area contributed by atoms with Crippen LogP contribution in [-0.2, 0) is 4.74 Å². The van der Waals surface area contributed by atoms with Crippen LogP contribution in [0.25, 0.3) is 0 Å². The van der Waals surface area contributed by atoms with Crippen LogP contribution >= 0.6 is 0 Å². The summed E-state index contributed by atoms with van der Waals surface area (Å²) in [6.45, 7) is 8.75. The van der Waals surface area contributed by atoms with Gasteiger partial charge in [-0.1, -0.05) is 26.0 Å². The maximum Gasteiger partial charge on any atom is 0.342 e. The number of para-hydroxylation sites is 1. The van der Waals surface area contributed by atoms with Crippen molar-refractivity contribution in [3.05, 3.63) is 29.8 Å². The lowest BCUT2D eigenvalue weighted by molar-refractivity contribution is 0.0257. The van der Waals surface area contributed by atoms with Crippen LogP contribution in [0.5, 0.6) is 5.75 Å². The molecular weight excluding hydrogens is 242 g/mol. The molecule has 0 N–H and O–H groups in total. The summed E-state index contributed by atoms with van der Waals surface area (Å²) >= 11 is 0. The number of rotatable bonds is 7. The Morgan fingerprint density at radius 1 is 1.26 bits per heavy atom. The smallest absolute Gasteiger partial charge is 0.342 e. The van der Waals surface area contributed by atoms with E-state index >= 15 is 0 Å². The van der Waals surface area contributed by atoms with Gasteiger partial charge in [0.15, 0.2) is 0 Å². The molecule has 106 valence electrons. The number of benzene rings is 1. The van der Waals surface area contributed by atoms with Crippen molar-refractivity contribution in [1.29, 1.82) is 0 Å². The van der Waals surface area contributed by atoms with Crippen molar-refractivity contribution in [2.45, 2.75) is 26.9 Å². The quantitative estimate of drug-likeness (QED) is 0.710. The second-order valence-electron chi connectivity index (χ2n) is 4.40. The number of hydrogen-bond acceptors (Lipinski definition) is 4. The molecule has 0 bridgehead atoms. The van der Waals surface area contributed by atoms with Crippen molar-refractivity contribution in [1.82, 2.24) is 4.90 Å². The molecule has 0 unspecified atom stereocenters. The summed E-state index contributed by atoms with van der Waals surface area (Å²) in [5.41, 5.74) is 0.469. The number of hydrogen-bond donors (Lipinski definition) is 0. The number of carbonyl (C=O) groups excluding carboxylic acids is 1. The third kappa shape index (κ3) is 4.56. The Labute approximate surface area is 115 Å². The molecule has 19 heavy (non-hydrogen) atoms. The summed E-state index contributed by atoms with van der Waals surface area (Å²) in [4.78, 5) is 14.3. The molecule has 0 saturated carbocycles. The molecule has 1 aromatic rings. The SMILES string of the molecule is CCN(CC)C[C@H](C)OC(=O)c1ccccc1OC. The zero-order chi connectivity index (χ0) is 14.3. The normalized spacial score (nSPS) is 12.3. The van der Waals surface area contributed by atoms with E-state index in [1.807, 2.05) is 13.0 Å². The molecule has 0 aliphatic heterocycles. The number of carbonyl (C=O) groups is 1. The van der Waals surface area contributed by atoms with E-state index in [0.29, 0.717) is 11.3 Å². The van der Waals surface area contributed by atoms with E-state index in [1.165, 1.54) is 0 Å². The molecule has 0 heterocycles. The first-order chi connectivity index (χ1) is 9.12. The first-order valence-electron chi connectivity index (χ1n) is 6.68. The predicted molar refractivity (Wildman–Crippen MR) is 75.7 cm³/mol. The topological polar surface area (TPSA) is 38.8 Å². The van der Waals surface area contributed by atoms with Gasteiger partial charge in [-0.15, -0.1) is 0 Å². The van der Waals surface area contributed by atoms with Gasteiger partial charge in [-0.3, -0.25) is 0 Å². The molecule has 1 atom stereocenters. The van der Waals surface area contributed by atoms with Crippen molar-refractivity contribution in [3.8, 4) is 5.75 Å². The molecule has 1 rings (SSSR count). The average molecular weight is 265 g/mol. The molecule has 0 aromatic heterocycles. The van der Waals surface area contributed by atoms with E-state index in [1.54, 1.807) is 25.3 Å². The molecule has 4 heteroatoms. The minimum atomic E-state index is -0.336. The van der Waals surface area contributed by atoms with Gasteiger partial charge in [-0.2, -0.15) is 0 Å². The Hall–Kier alpha value is -1.55. The van der Waals surface area contributed by atoms with E-state index in [4.69, 9.17) is 9.47 Å². The summed E-state index contributed by atoms with van der Waals surface area (Å²) in [5.74, 6) is 0.208. The first-order valence-corrected chi connectivity index (χ1v) is 6.68. The highest BCUT2D eigenvalue weighted by molar-refractivity contribution is 5.92. The second kappa shape index (κ2) is 7.79. The van der Waals surface area contributed by atoms with Gasteiger partial charge in [-0.25, -0.2) is 4.79 Å². The van der Waals surface area contributed by atoms with Crippen molar-refractivity contribution in [2.24, 2.45) is 0 Å². The lowest BCUT2D eigenvalue weighted by Crippen LogP contribution is -2.33. The lowest BCUT2D eigenvalue weighted by atomic mass is 10.2. The monoisotopic (exact) mass is 265 g/mol. The van der Waals surface area contributed by atoms with Gasteiger partial charge in [0, 0.05) is 6.54 Å². The Kier molecular flexibility index (Phi) is 6.36. The fourth-order valence-electron chi connectivity index (χ4n) is 1.94. The van der Waals surface area contributed by atoms with Crippen molar-refractivity contribution < 1.29 is 14.3 Å². The Bertz CT molecular complexity index is 402. The van der Waals surface area contributed by atoms with Crippen LogP contribution in [0.2, 0.25) is 0 Å². The van der Waals surface area contributed by atoms with E-state index in [2.05, 4.69) is 18.7 Å². The fourth-order valence-corrected chi connectivity index (χ4v) is 1.94. The molecule has 0 amide bonds. The van der Waals surface area contributed by atoms with Crippen LogP contribution in [0.15, 0.2) is 24.3 Å². The maximum atomic E-state index is 12.1. The fraction of sp³-hybridized carbons (Fsp3) is 0.533. The Morgan fingerprint density at radius 3 is 2.47 bits per heavy atom. The molecular formula is C15H23NO3. The Balaban J connectivity index is 2.63. The molecule has 0 aliphatic carbocycles. The lowest BCUT2D eigenvalue weighted by Gasteiger charge is -2.22.